The van der Waals surface area contributed by atoms with Crippen LogP contribution in [0, 0.1) is 11.2 Å². The van der Waals surface area contributed by atoms with Crippen molar-refractivity contribution in [1.29, 1.82) is 5.41 Å². The molecule has 0 spiro atoms. The molecule has 0 saturated carbocycles. The van der Waals surface area contributed by atoms with E-state index in [1.54, 1.807) is 97.1 Å². The van der Waals surface area contributed by atoms with Gasteiger partial charge in [0.15, 0.2) is 12.6 Å². The zero-order chi connectivity index (χ0) is 54.0. The molecule has 0 radical (unpaired) electrons. The number of benzene rings is 3. The minimum Gasteiger partial charge on any atom is -0.387 e. The Balaban J connectivity index is 1.18. The molecule has 0 aliphatic carbocycles. The number of hydrogen-bond acceptors (Lipinski definition) is 15. The van der Waals surface area contributed by atoms with E-state index < -0.39 is 11.6 Å². The summed E-state index contributed by atoms with van der Waals surface area (Å²) in [6.45, 7) is 7.07. The molecular formula is C56H61F2N13O4. The molecule has 3 heterocycles. The molecule has 19 heteroatoms. The number of allylic oxidation sites excluding steroid dienone is 5. The first-order chi connectivity index (χ1) is 36.2. The number of nitrogens with zero attached hydrogens (tertiary/aromatic N) is 9. The van der Waals surface area contributed by atoms with Gasteiger partial charge in [-0.15, -0.1) is 0 Å². The highest BCUT2D eigenvalue weighted by atomic mass is 19.1. The summed E-state index contributed by atoms with van der Waals surface area (Å²) in [5.74, 6) is -0.115. The second-order valence-electron chi connectivity index (χ2n) is 17.6. The van der Waals surface area contributed by atoms with Gasteiger partial charge in [0.1, 0.15) is 35.4 Å². The van der Waals surface area contributed by atoms with Gasteiger partial charge >= 0.3 is 0 Å². The van der Waals surface area contributed by atoms with Crippen molar-refractivity contribution in [2.24, 2.45) is 33.0 Å². The first-order valence-electron chi connectivity index (χ1n) is 24.2. The lowest BCUT2D eigenvalue weighted by Gasteiger charge is -2.23. The summed E-state index contributed by atoms with van der Waals surface area (Å²) in [5.41, 5.74) is 17.0. The molecule has 17 nitrogen and oxygen atoms in total. The van der Waals surface area contributed by atoms with Gasteiger partial charge in [-0.3, -0.25) is 34.6 Å². The van der Waals surface area contributed by atoms with Crippen LogP contribution in [-0.2, 0) is 23.2 Å². The Morgan fingerprint density at radius 3 is 2.25 bits per heavy atom. The Hall–Kier alpha value is -9.00. The van der Waals surface area contributed by atoms with Crippen molar-refractivity contribution in [3.05, 3.63) is 165 Å². The zero-order valence-electron chi connectivity index (χ0n) is 42.8. The van der Waals surface area contributed by atoms with Gasteiger partial charge < -0.3 is 26.0 Å². The molecule has 1 aromatic heterocycles. The predicted octanol–water partition coefficient (Wildman–Crippen LogP) is 8.40. The average molecular weight is 1020 g/mol. The summed E-state index contributed by atoms with van der Waals surface area (Å²) in [7, 11) is 5.35. The van der Waals surface area contributed by atoms with Crippen LogP contribution in [0.15, 0.2) is 140 Å². The number of carbonyl (C=O) groups is 4. The molecule has 5 N–H and O–H groups in total. The number of rotatable bonds is 23. The third kappa shape index (κ3) is 15.0. The Bertz CT molecular complexity index is 3130. The molecule has 0 bridgehead atoms. The van der Waals surface area contributed by atoms with Crippen LogP contribution < -0.4 is 16.6 Å². The number of halogens is 2. The largest absolute Gasteiger partial charge is 0.387 e. The number of hydrazone groups is 2. The number of imidazole rings is 1. The monoisotopic (exact) mass is 1020 g/mol. The number of carbonyl (C=O) groups excluding carboxylic acids is 4. The summed E-state index contributed by atoms with van der Waals surface area (Å²) in [6, 6.07) is 13.3. The molecule has 6 rings (SSSR count). The molecule has 0 saturated heterocycles. The fraction of sp³-hybridized carbons (Fsp3) is 0.250. The second-order valence-corrected chi connectivity index (χ2v) is 17.6. The number of fused-ring (bicyclic) bond motifs is 1. The van der Waals surface area contributed by atoms with Crippen LogP contribution in [0.5, 0.6) is 0 Å². The van der Waals surface area contributed by atoms with E-state index >= 15 is 4.39 Å². The van der Waals surface area contributed by atoms with Crippen molar-refractivity contribution < 1.29 is 28.0 Å². The van der Waals surface area contributed by atoms with E-state index in [9.17, 15) is 23.6 Å². The van der Waals surface area contributed by atoms with E-state index in [1.165, 1.54) is 48.6 Å². The number of aryl methyl sites for hydroxylation is 1. The Morgan fingerprint density at radius 2 is 1.59 bits per heavy atom. The number of nitrogens with one attached hydrogen (secondary N) is 3. The van der Waals surface area contributed by atoms with Crippen LogP contribution in [0.4, 0.5) is 14.5 Å². The van der Waals surface area contributed by atoms with Gasteiger partial charge in [0.25, 0.3) is 0 Å². The van der Waals surface area contributed by atoms with Gasteiger partial charge in [0.2, 0.25) is 5.91 Å². The smallest absolute Gasteiger partial charge is 0.250 e. The van der Waals surface area contributed by atoms with Crippen molar-refractivity contribution in [3.8, 4) is 11.1 Å². The van der Waals surface area contributed by atoms with E-state index in [4.69, 9.17) is 16.1 Å². The number of hydrogen-bond donors (Lipinski definition) is 4. The SMILES string of the molecule is C/C=C(/F)C1=C(/C=C/c2ccc(C=O)c(/C=N\N(C)CC(=N)/C=C\NNC3=Nc4cc(-c5ccc(C=O)c(/C=N\N(C)Cc6nccn6C)c5)cc(F)c4C=C(C(=O)N(CCC)CCC)C3)c2)N=C(N)CC(C=O)=C1. The zero-order valence-corrected chi connectivity index (χ0v) is 42.8. The predicted molar refractivity (Wildman–Crippen MR) is 293 cm³/mol. The third-order valence-electron chi connectivity index (χ3n) is 11.8. The minimum atomic E-state index is -0.589. The highest BCUT2D eigenvalue weighted by Gasteiger charge is 2.24. The molecule has 2 aliphatic rings. The van der Waals surface area contributed by atoms with Crippen LogP contribution >= 0.6 is 0 Å². The summed E-state index contributed by atoms with van der Waals surface area (Å²) in [6.07, 6.45) is 20.8. The van der Waals surface area contributed by atoms with Crippen LogP contribution in [-0.4, -0.2) is 113 Å². The number of amidine groups is 2. The van der Waals surface area contributed by atoms with E-state index in [0.29, 0.717) is 82.6 Å². The fourth-order valence-corrected chi connectivity index (χ4v) is 7.97. The Labute approximate surface area is 435 Å². The van der Waals surface area contributed by atoms with Crippen LogP contribution in [0.3, 0.4) is 0 Å². The van der Waals surface area contributed by atoms with Gasteiger partial charge in [-0.2, -0.15) is 10.2 Å². The first kappa shape index (κ1) is 55.3. The summed E-state index contributed by atoms with van der Waals surface area (Å²) >= 11 is 0. The standard InChI is InChI=1S/C56H61F2N13O4/c1-7-19-71(20-8-2)56(75)43-26-48-50(58)27-42(39-13-14-41(36-74)45(25-39)31-64-70(6)33-55-61-18-21-68(55)4)28-52(48)66-54(29-43)67-62-17-16-46(59)32-69(5)63-30-44-22-37(10-12-40(44)35-73)11-15-51-47(49(57)9-3)23-38(34-72)24-53(60)65-51/h9-18,21-23,25-28,30-31,34-36,59,62H,7-8,19-20,24,29,32-33H2,1-6H3,(H2,60,65)(H,66,67)/b15-11+,17-16-,49-9+,59-46?,63-30-,64-31-. The van der Waals surface area contributed by atoms with E-state index in [-0.39, 0.29) is 64.9 Å². The highest BCUT2D eigenvalue weighted by molar-refractivity contribution is 6.06. The van der Waals surface area contributed by atoms with Crippen LogP contribution in [0.25, 0.3) is 23.3 Å². The Morgan fingerprint density at radius 1 is 0.880 bits per heavy atom. The first-order valence-corrected chi connectivity index (χ1v) is 24.2. The van der Waals surface area contributed by atoms with E-state index in [2.05, 4.69) is 31.0 Å². The topological polar surface area (TPSA) is 219 Å². The summed E-state index contributed by atoms with van der Waals surface area (Å²) in [5, 5.41) is 20.8. The van der Waals surface area contributed by atoms with Crippen LogP contribution in [0.2, 0.25) is 0 Å². The van der Waals surface area contributed by atoms with Gasteiger partial charge in [0, 0.05) is 110 Å². The van der Waals surface area contributed by atoms with E-state index in [0.717, 1.165) is 25.0 Å². The van der Waals surface area contributed by atoms with Crippen LogP contribution in [0.1, 0.15) is 95.2 Å². The lowest BCUT2D eigenvalue weighted by molar-refractivity contribution is -0.127. The molecule has 1 amide bonds. The number of hydrazine groups is 1. The second kappa shape index (κ2) is 26.6. The number of aromatic nitrogens is 2. The van der Waals surface area contributed by atoms with Gasteiger partial charge in [0.05, 0.1) is 42.6 Å². The molecule has 388 valence electrons. The van der Waals surface area contributed by atoms with Crippen molar-refractivity contribution >= 4 is 72.4 Å². The van der Waals surface area contributed by atoms with Crippen molar-refractivity contribution in [2.75, 3.05) is 33.7 Å². The quantitative estimate of drug-likeness (QED) is 0.0316. The average Bonchev–Trinajstić information content (AvgIpc) is 3.60. The molecule has 0 unspecified atom stereocenters. The van der Waals surface area contributed by atoms with E-state index in [1.807, 2.05) is 31.7 Å². The van der Waals surface area contributed by atoms with Gasteiger partial charge in [-0.05, 0) is 85.0 Å². The van der Waals surface area contributed by atoms with Crippen molar-refractivity contribution in [1.82, 2.24) is 35.3 Å². The highest BCUT2D eigenvalue weighted by Crippen LogP contribution is 2.35. The summed E-state index contributed by atoms with van der Waals surface area (Å²) in [4.78, 5) is 64.9. The van der Waals surface area contributed by atoms with Gasteiger partial charge in [-0.25, -0.2) is 23.7 Å². The maximum atomic E-state index is 16.4. The van der Waals surface area contributed by atoms with Gasteiger partial charge in [-0.1, -0.05) is 50.3 Å². The molecule has 0 fully saturated rings. The maximum absolute atomic E-state index is 16.4. The Kier molecular flexibility index (Phi) is 19.6. The number of nitrogens with two attached hydrogens (primary N) is 1. The summed E-state index contributed by atoms with van der Waals surface area (Å²) < 4.78 is 33.2. The third-order valence-corrected chi connectivity index (χ3v) is 11.8. The molecule has 75 heavy (non-hydrogen) atoms. The molecular weight excluding hydrogens is 957 g/mol. The lowest BCUT2D eigenvalue weighted by atomic mass is 9.97. The molecule has 0 atom stereocenters. The molecule has 3 aromatic carbocycles. The minimum absolute atomic E-state index is 0.0396. The number of amides is 1. The normalized spacial score (nSPS) is 14.0. The fourth-order valence-electron chi connectivity index (χ4n) is 7.97. The van der Waals surface area contributed by atoms with Crippen molar-refractivity contribution in [2.45, 2.75) is 53.0 Å². The molecule has 2 aliphatic heterocycles. The number of aldehydes is 3. The number of aliphatic imine (C=N–C) groups is 2. The van der Waals surface area contributed by atoms with Crippen molar-refractivity contribution in [3.63, 3.8) is 0 Å². The maximum Gasteiger partial charge on any atom is 0.250 e. The lowest BCUT2D eigenvalue weighted by Crippen LogP contribution is -2.37. The molecule has 4 aromatic rings.